The van der Waals surface area contributed by atoms with Gasteiger partial charge < -0.3 is 9.64 Å². The van der Waals surface area contributed by atoms with Crippen molar-refractivity contribution in [2.45, 2.75) is 78.3 Å². The Hall–Kier alpha value is -1.47. The SMILES string of the molecule is Cc1nc(C)n(C[C@@H]2CCCN2[C@@H](C)C(=O)N2C[C@@H](C)O[C@@H](C)C2)n1. The fourth-order valence-corrected chi connectivity index (χ4v) is 4.26. The lowest BCUT2D eigenvalue weighted by Crippen LogP contribution is -2.55. The van der Waals surface area contributed by atoms with E-state index in [0.717, 1.165) is 37.6 Å². The quantitative estimate of drug-likeness (QED) is 0.822. The van der Waals surface area contributed by atoms with Gasteiger partial charge in [-0.1, -0.05) is 0 Å². The van der Waals surface area contributed by atoms with Crippen LogP contribution in [0.15, 0.2) is 0 Å². The van der Waals surface area contributed by atoms with Gasteiger partial charge >= 0.3 is 0 Å². The van der Waals surface area contributed by atoms with Crippen LogP contribution in [0.2, 0.25) is 0 Å². The molecule has 2 aliphatic rings. The van der Waals surface area contributed by atoms with E-state index in [9.17, 15) is 4.79 Å². The second-order valence-electron chi connectivity index (χ2n) is 7.60. The molecule has 2 saturated heterocycles. The van der Waals surface area contributed by atoms with Crippen LogP contribution >= 0.6 is 0 Å². The molecule has 0 spiro atoms. The smallest absolute Gasteiger partial charge is 0.239 e. The van der Waals surface area contributed by atoms with Crippen LogP contribution in [0.5, 0.6) is 0 Å². The minimum absolute atomic E-state index is 0.102. The Morgan fingerprint density at radius 1 is 1.28 bits per heavy atom. The summed E-state index contributed by atoms with van der Waals surface area (Å²) >= 11 is 0. The molecule has 3 rings (SSSR count). The topological polar surface area (TPSA) is 63.5 Å². The lowest BCUT2D eigenvalue weighted by atomic mass is 10.1. The molecule has 0 aliphatic carbocycles. The van der Waals surface area contributed by atoms with Gasteiger partial charge in [-0.3, -0.25) is 9.69 Å². The van der Waals surface area contributed by atoms with E-state index in [1.165, 1.54) is 0 Å². The molecular weight excluding hydrogens is 318 g/mol. The Morgan fingerprint density at radius 3 is 2.56 bits per heavy atom. The van der Waals surface area contributed by atoms with Gasteiger partial charge in [0.05, 0.1) is 24.8 Å². The van der Waals surface area contributed by atoms with Crippen molar-refractivity contribution in [1.29, 1.82) is 0 Å². The summed E-state index contributed by atoms with van der Waals surface area (Å²) in [6, 6.07) is 0.240. The van der Waals surface area contributed by atoms with Gasteiger partial charge in [0.25, 0.3) is 0 Å². The van der Waals surface area contributed by atoms with Crippen LogP contribution in [-0.4, -0.2) is 74.4 Å². The van der Waals surface area contributed by atoms with Crippen molar-refractivity contribution in [3.63, 3.8) is 0 Å². The van der Waals surface area contributed by atoms with Gasteiger partial charge in [0, 0.05) is 19.1 Å². The van der Waals surface area contributed by atoms with Crippen LogP contribution < -0.4 is 0 Å². The standard InChI is InChI=1S/C18H31N5O2/c1-12-9-21(10-13(2)25-12)18(24)14(3)22-8-6-7-17(22)11-23-16(5)19-15(4)20-23/h12-14,17H,6-11H2,1-5H3/t12-,13+,14-,17-/m0/s1. The van der Waals surface area contributed by atoms with E-state index in [2.05, 4.69) is 15.0 Å². The van der Waals surface area contributed by atoms with Gasteiger partial charge in [0.2, 0.25) is 5.91 Å². The highest BCUT2D eigenvalue weighted by Crippen LogP contribution is 2.24. The predicted molar refractivity (Wildman–Crippen MR) is 95.3 cm³/mol. The number of ether oxygens (including phenoxy) is 1. The van der Waals surface area contributed by atoms with Crippen molar-refractivity contribution in [3.8, 4) is 0 Å². The highest BCUT2D eigenvalue weighted by atomic mass is 16.5. The van der Waals surface area contributed by atoms with Crippen molar-refractivity contribution in [2.75, 3.05) is 19.6 Å². The fraction of sp³-hybridized carbons (Fsp3) is 0.833. The number of nitrogens with zero attached hydrogens (tertiary/aromatic N) is 5. The molecule has 0 N–H and O–H groups in total. The molecule has 1 aromatic rings. The maximum Gasteiger partial charge on any atom is 0.239 e. The Labute approximate surface area is 150 Å². The number of carbonyl (C=O) groups is 1. The highest BCUT2D eigenvalue weighted by molar-refractivity contribution is 5.81. The molecule has 0 bridgehead atoms. The van der Waals surface area contributed by atoms with Gasteiger partial charge in [-0.05, 0) is 54.0 Å². The summed E-state index contributed by atoms with van der Waals surface area (Å²) in [6.07, 6.45) is 2.45. The second-order valence-corrected chi connectivity index (χ2v) is 7.60. The maximum atomic E-state index is 13.0. The second kappa shape index (κ2) is 7.41. The monoisotopic (exact) mass is 349 g/mol. The third-order valence-electron chi connectivity index (χ3n) is 5.36. The van der Waals surface area contributed by atoms with Crippen LogP contribution in [-0.2, 0) is 16.1 Å². The van der Waals surface area contributed by atoms with Crippen LogP contribution in [0.4, 0.5) is 0 Å². The average Bonchev–Trinajstić information content (AvgIpc) is 3.11. The molecule has 1 amide bonds. The average molecular weight is 349 g/mol. The first-order valence-electron chi connectivity index (χ1n) is 9.43. The molecule has 7 heteroatoms. The Kier molecular flexibility index (Phi) is 5.43. The van der Waals surface area contributed by atoms with Crippen LogP contribution in [0.25, 0.3) is 0 Å². The highest BCUT2D eigenvalue weighted by Gasteiger charge is 2.36. The first-order valence-corrected chi connectivity index (χ1v) is 9.43. The zero-order valence-corrected chi connectivity index (χ0v) is 16.1. The van der Waals surface area contributed by atoms with Crippen LogP contribution in [0.3, 0.4) is 0 Å². The predicted octanol–water partition coefficient (Wildman–Crippen LogP) is 1.38. The summed E-state index contributed by atoms with van der Waals surface area (Å²) in [5, 5.41) is 4.49. The number of aromatic nitrogens is 3. The Morgan fingerprint density at radius 2 is 1.96 bits per heavy atom. The first kappa shape index (κ1) is 18.3. The first-order chi connectivity index (χ1) is 11.8. The molecule has 25 heavy (non-hydrogen) atoms. The number of rotatable bonds is 4. The minimum atomic E-state index is -0.102. The zero-order valence-electron chi connectivity index (χ0n) is 16.1. The van der Waals surface area contributed by atoms with Crippen LogP contribution in [0.1, 0.15) is 45.3 Å². The molecule has 2 aliphatic heterocycles. The normalized spacial score (nSPS) is 29.2. The molecule has 0 saturated carbocycles. The van der Waals surface area contributed by atoms with Gasteiger partial charge in [-0.2, -0.15) is 5.10 Å². The molecule has 1 aromatic heterocycles. The van der Waals surface area contributed by atoms with Crippen molar-refractivity contribution < 1.29 is 9.53 Å². The van der Waals surface area contributed by atoms with E-state index >= 15 is 0 Å². The number of carbonyl (C=O) groups excluding carboxylic acids is 1. The molecule has 2 fully saturated rings. The van der Waals surface area contributed by atoms with Gasteiger partial charge in [0.15, 0.2) is 0 Å². The largest absolute Gasteiger partial charge is 0.372 e. The van der Waals surface area contributed by atoms with E-state index in [1.54, 1.807) is 0 Å². The summed E-state index contributed by atoms with van der Waals surface area (Å²) in [6.45, 7) is 13.2. The lowest BCUT2D eigenvalue weighted by molar-refractivity contribution is -0.148. The summed E-state index contributed by atoms with van der Waals surface area (Å²) in [5.74, 6) is 1.97. The minimum Gasteiger partial charge on any atom is -0.372 e. The lowest BCUT2D eigenvalue weighted by Gasteiger charge is -2.39. The van der Waals surface area contributed by atoms with Crippen LogP contribution in [0, 0.1) is 13.8 Å². The molecule has 4 atom stereocenters. The van der Waals surface area contributed by atoms with E-state index in [4.69, 9.17) is 4.74 Å². The van der Waals surface area contributed by atoms with Crippen molar-refractivity contribution in [2.24, 2.45) is 0 Å². The molecule has 140 valence electrons. The molecule has 0 unspecified atom stereocenters. The third kappa shape index (κ3) is 4.03. The molecule has 0 aromatic carbocycles. The van der Waals surface area contributed by atoms with Gasteiger partial charge in [-0.15, -0.1) is 0 Å². The summed E-state index contributed by atoms with van der Waals surface area (Å²) in [7, 11) is 0. The van der Waals surface area contributed by atoms with E-state index in [0.29, 0.717) is 19.1 Å². The number of likely N-dealkylation sites (tertiary alicyclic amines) is 1. The number of amides is 1. The fourth-order valence-electron chi connectivity index (χ4n) is 4.26. The van der Waals surface area contributed by atoms with Gasteiger partial charge in [0.1, 0.15) is 11.6 Å². The maximum absolute atomic E-state index is 13.0. The summed E-state index contributed by atoms with van der Waals surface area (Å²) in [5.41, 5.74) is 0. The zero-order chi connectivity index (χ0) is 18.1. The molecule has 0 radical (unpaired) electrons. The van der Waals surface area contributed by atoms with Crippen molar-refractivity contribution >= 4 is 5.91 Å². The summed E-state index contributed by atoms with van der Waals surface area (Å²) < 4.78 is 7.74. The number of hydrogen-bond donors (Lipinski definition) is 0. The number of aryl methyl sites for hydroxylation is 2. The van der Waals surface area contributed by atoms with E-state index in [-0.39, 0.29) is 24.2 Å². The van der Waals surface area contributed by atoms with Crippen molar-refractivity contribution in [3.05, 3.63) is 11.6 Å². The molecule has 7 nitrogen and oxygen atoms in total. The van der Waals surface area contributed by atoms with E-state index < -0.39 is 0 Å². The molecule has 3 heterocycles. The third-order valence-corrected chi connectivity index (χ3v) is 5.36. The number of morpholine rings is 1. The Balaban J connectivity index is 1.66. The Bertz CT molecular complexity index is 607. The number of hydrogen-bond acceptors (Lipinski definition) is 5. The van der Waals surface area contributed by atoms with Gasteiger partial charge in [-0.25, -0.2) is 9.67 Å². The van der Waals surface area contributed by atoms with E-state index in [1.807, 2.05) is 44.2 Å². The summed E-state index contributed by atoms with van der Waals surface area (Å²) in [4.78, 5) is 21.8. The van der Waals surface area contributed by atoms with Crippen molar-refractivity contribution in [1.82, 2.24) is 24.6 Å². The molecular formula is C18H31N5O2.